The van der Waals surface area contributed by atoms with Gasteiger partial charge in [-0.25, -0.2) is 8.42 Å². The summed E-state index contributed by atoms with van der Waals surface area (Å²) in [6.45, 7) is 3.61. The second-order valence-corrected chi connectivity index (χ2v) is 6.38. The van der Waals surface area contributed by atoms with Gasteiger partial charge in [-0.15, -0.1) is 0 Å². The zero-order chi connectivity index (χ0) is 13.2. The number of nitrogens with two attached hydrogens (primary N) is 1. The maximum Gasteiger partial charge on any atom is 0.243 e. The maximum atomic E-state index is 12.3. The average molecular weight is 272 g/mol. The van der Waals surface area contributed by atoms with Crippen molar-refractivity contribution in [1.29, 1.82) is 0 Å². The Morgan fingerprint density at radius 3 is 2.35 bits per heavy atom. The van der Waals surface area contributed by atoms with Gasteiger partial charge in [-0.1, -0.05) is 30.4 Å². The molecule has 17 heavy (non-hydrogen) atoms. The molecule has 1 rings (SSSR count). The molecule has 0 saturated heterocycles. The van der Waals surface area contributed by atoms with E-state index in [1.165, 1.54) is 17.4 Å². The SMILES string of the molecule is CC(C)N(C)S(=O)(=O)c1ccccc1C(N)=S. The van der Waals surface area contributed by atoms with E-state index in [0.29, 0.717) is 5.56 Å². The lowest BCUT2D eigenvalue weighted by Crippen LogP contribution is -2.34. The third-order valence-electron chi connectivity index (χ3n) is 2.54. The number of benzene rings is 1. The summed E-state index contributed by atoms with van der Waals surface area (Å²) in [5, 5.41) is 0. The van der Waals surface area contributed by atoms with Crippen LogP contribution < -0.4 is 5.73 Å². The van der Waals surface area contributed by atoms with E-state index in [9.17, 15) is 8.42 Å². The first-order valence-corrected chi connectivity index (χ1v) is 7.00. The summed E-state index contributed by atoms with van der Waals surface area (Å²) in [6.07, 6.45) is 0. The van der Waals surface area contributed by atoms with Crippen LogP contribution in [0.15, 0.2) is 29.2 Å². The van der Waals surface area contributed by atoms with Crippen molar-refractivity contribution in [2.24, 2.45) is 5.73 Å². The lowest BCUT2D eigenvalue weighted by Gasteiger charge is -2.22. The van der Waals surface area contributed by atoms with Crippen LogP contribution in [0.2, 0.25) is 0 Å². The molecule has 0 bridgehead atoms. The van der Waals surface area contributed by atoms with Crippen LogP contribution in [0.4, 0.5) is 0 Å². The van der Waals surface area contributed by atoms with Gasteiger partial charge < -0.3 is 5.73 Å². The van der Waals surface area contributed by atoms with E-state index in [2.05, 4.69) is 0 Å². The minimum absolute atomic E-state index is 0.0846. The van der Waals surface area contributed by atoms with Crippen LogP contribution >= 0.6 is 12.2 Å². The Morgan fingerprint density at radius 2 is 1.88 bits per heavy atom. The predicted molar refractivity (Wildman–Crippen MR) is 72.4 cm³/mol. The Bertz CT molecular complexity index is 524. The van der Waals surface area contributed by atoms with Crippen LogP contribution in [0.25, 0.3) is 0 Å². The van der Waals surface area contributed by atoms with E-state index < -0.39 is 10.0 Å². The fourth-order valence-electron chi connectivity index (χ4n) is 1.33. The van der Waals surface area contributed by atoms with Crippen molar-refractivity contribution >= 4 is 27.2 Å². The average Bonchev–Trinajstić information content (AvgIpc) is 2.27. The van der Waals surface area contributed by atoms with E-state index >= 15 is 0 Å². The Morgan fingerprint density at radius 1 is 1.35 bits per heavy atom. The number of hydrogen-bond donors (Lipinski definition) is 1. The molecule has 6 heteroatoms. The third kappa shape index (κ3) is 2.83. The highest BCUT2D eigenvalue weighted by Crippen LogP contribution is 2.20. The molecule has 0 radical (unpaired) electrons. The molecule has 0 saturated carbocycles. The van der Waals surface area contributed by atoms with Gasteiger partial charge in [-0.3, -0.25) is 0 Å². The molecule has 0 unspecified atom stereocenters. The largest absolute Gasteiger partial charge is 0.389 e. The van der Waals surface area contributed by atoms with Crippen molar-refractivity contribution in [2.75, 3.05) is 7.05 Å². The summed E-state index contributed by atoms with van der Waals surface area (Å²) >= 11 is 4.87. The smallest absolute Gasteiger partial charge is 0.243 e. The van der Waals surface area contributed by atoms with Gasteiger partial charge in [-0.05, 0) is 19.9 Å². The first-order chi connectivity index (χ1) is 7.78. The molecule has 4 nitrogen and oxygen atoms in total. The van der Waals surface area contributed by atoms with Gasteiger partial charge in [0, 0.05) is 18.7 Å². The molecule has 94 valence electrons. The monoisotopic (exact) mass is 272 g/mol. The lowest BCUT2D eigenvalue weighted by atomic mass is 10.2. The predicted octanol–water partition coefficient (Wildman–Crippen LogP) is 1.35. The van der Waals surface area contributed by atoms with Crippen LogP contribution in [-0.4, -0.2) is 30.8 Å². The van der Waals surface area contributed by atoms with Crippen LogP contribution in [0.5, 0.6) is 0 Å². The van der Waals surface area contributed by atoms with Gasteiger partial charge in [0.05, 0.1) is 4.90 Å². The molecule has 2 N–H and O–H groups in total. The molecule has 0 aromatic heterocycles. The van der Waals surface area contributed by atoms with E-state index in [1.807, 2.05) is 0 Å². The van der Waals surface area contributed by atoms with Crippen molar-refractivity contribution in [3.8, 4) is 0 Å². The molecule has 0 aliphatic rings. The van der Waals surface area contributed by atoms with Crippen LogP contribution in [0.1, 0.15) is 19.4 Å². The first-order valence-electron chi connectivity index (χ1n) is 5.15. The fraction of sp³-hybridized carbons (Fsp3) is 0.364. The summed E-state index contributed by atoms with van der Waals surface area (Å²) in [4.78, 5) is 0.241. The molecule has 0 fully saturated rings. The summed E-state index contributed by atoms with van der Waals surface area (Å²) in [5.41, 5.74) is 5.92. The van der Waals surface area contributed by atoms with Crippen molar-refractivity contribution < 1.29 is 8.42 Å². The van der Waals surface area contributed by atoms with Crippen LogP contribution in [0, 0.1) is 0 Å². The minimum atomic E-state index is -3.55. The van der Waals surface area contributed by atoms with Crippen molar-refractivity contribution in [3.63, 3.8) is 0 Å². The van der Waals surface area contributed by atoms with Gasteiger partial charge in [0.15, 0.2) is 0 Å². The normalized spacial score (nSPS) is 12.1. The highest BCUT2D eigenvalue weighted by Gasteiger charge is 2.26. The highest BCUT2D eigenvalue weighted by molar-refractivity contribution is 7.89. The molecular formula is C11H16N2O2S2. The molecule has 0 aliphatic carbocycles. The molecule has 1 aromatic rings. The Hall–Kier alpha value is -0.980. The van der Waals surface area contributed by atoms with E-state index in [-0.39, 0.29) is 15.9 Å². The molecule has 0 aliphatic heterocycles. The molecular weight excluding hydrogens is 256 g/mol. The first kappa shape index (κ1) is 14.1. The minimum Gasteiger partial charge on any atom is -0.389 e. The number of rotatable bonds is 4. The zero-order valence-electron chi connectivity index (χ0n) is 10.0. The summed E-state index contributed by atoms with van der Waals surface area (Å²) in [5.74, 6) is 0. The van der Waals surface area contributed by atoms with Gasteiger partial charge in [0.2, 0.25) is 10.0 Å². The van der Waals surface area contributed by atoms with E-state index in [1.54, 1.807) is 32.0 Å². The topological polar surface area (TPSA) is 63.4 Å². The number of nitrogens with zero attached hydrogens (tertiary/aromatic N) is 1. The highest BCUT2D eigenvalue weighted by atomic mass is 32.2. The third-order valence-corrected chi connectivity index (χ3v) is 4.85. The fourth-order valence-corrected chi connectivity index (χ4v) is 3.14. The second kappa shape index (κ2) is 5.12. The number of thiocarbonyl (C=S) groups is 1. The Kier molecular flexibility index (Phi) is 4.24. The van der Waals surface area contributed by atoms with E-state index in [0.717, 1.165) is 0 Å². The number of hydrogen-bond acceptors (Lipinski definition) is 3. The van der Waals surface area contributed by atoms with Gasteiger partial charge in [0.1, 0.15) is 4.99 Å². The Labute approximate surface area is 107 Å². The lowest BCUT2D eigenvalue weighted by molar-refractivity contribution is 0.410. The quantitative estimate of drug-likeness (QED) is 0.840. The van der Waals surface area contributed by atoms with Crippen molar-refractivity contribution in [2.45, 2.75) is 24.8 Å². The van der Waals surface area contributed by atoms with Crippen molar-refractivity contribution in [3.05, 3.63) is 29.8 Å². The summed E-state index contributed by atoms with van der Waals surface area (Å²) in [7, 11) is -2.01. The standard InChI is InChI=1S/C11H16N2O2S2/c1-8(2)13(3)17(14,15)10-7-5-4-6-9(10)11(12)16/h4-8H,1-3H3,(H2,12,16). The zero-order valence-corrected chi connectivity index (χ0v) is 11.7. The second-order valence-electron chi connectivity index (χ2n) is 3.98. The van der Waals surface area contributed by atoms with Gasteiger partial charge in [-0.2, -0.15) is 4.31 Å². The molecule has 0 heterocycles. The maximum absolute atomic E-state index is 12.3. The van der Waals surface area contributed by atoms with Gasteiger partial charge >= 0.3 is 0 Å². The summed E-state index contributed by atoms with van der Waals surface area (Å²) in [6, 6.07) is 6.37. The van der Waals surface area contributed by atoms with Crippen molar-refractivity contribution in [1.82, 2.24) is 4.31 Å². The molecule has 0 atom stereocenters. The van der Waals surface area contributed by atoms with E-state index in [4.69, 9.17) is 18.0 Å². The molecule has 0 spiro atoms. The summed E-state index contributed by atoms with van der Waals surface area (Å²) < 4.78 is 25.9. The molecule has 1 aromatic carbocycles. The van der Waals surface area contributed by atoms with Crippen LogP contribution in [-0.2, 0) is 10.0 Å². The van der Waals surface area contributed by atoms with Gasteiger partial charge in [0.25, 0.3) is 0 Å². The molecule has 0 amide bonds. The van der Waals surface area contributed by atoms with Crippen LogP contribution in [0.3, 0.4) is 0 Å². The number of sulfonamides is 1. The Balaban J connectivity index is 3.39.